The van der Waals surface area contributed by atoms with Crippen LogP contribution in [0.15, 0.2) is 60.7 Å². The number of hydrogen-bond donors (Lipinski definition) is 1. The first-order chi connectivity index (χ1) is 9.75. The second kappa shape index (κ2) is 3.97. The van der Waals surface area contributed by atoms with Crippen LogP contribution in [0.3, 0.4) is 0 Å². The van der Waals surface area contributed by atoms with Gasteiger partial charge in [0.1, 0.15) is 5.75 Å². The van der Waals surface area contributed by atoms with Gasteiger partial charge in [-0.1, -0.05) is 48.5 Å². The third kappa shape index (κ3) is 1.44. The Morgan fingerprint density at radius 3 is 2.10 bits per heavy atom. The summed E-state index contributed by atoms with van der Waals surface area (Å²) in [5, 5.41) is 17.1. The molecule has 0 aliphatic carbocycles. The van der Waals surface area contributed by atoms with Gasteiger partial charge in [0.05, 0.1) is 0 Å². The fourth-order valence-corrected chi connectivity index (χ4v) is 3.11. The van der Waals surface area contributed by atoms with Crippen LogP contribution in [-0.2, 0) is 0 Å². The Hall–Kier alpha value is -2.54. The van der Waals surface area contributed by atoms with E-state index < -0.39 is 0 Å². The minimum Gasteiger partial charge on any atom is -0.507 e. The Labute approximate surface area is 117 Å². The smallest absolute Gasteiger partial charge is 0.124 e. The Kier molecular flexibility index (Phi) is 2.25. The molecule has 1 nitrogen and oxygen atoms in total. The molecular weight excluding hydrogens is 244 g/mol. The van der Waals surface area contributed by atoms with Gasteiger partial charge in [-0.05, 0) is 51.6 Å². The highest BCUT2D eigenvalue weighted by Gasteiger charge is 2.09. The van der Waals surface area contributed by atoms with Gasteiger partial charge in [0.2, 0.25) is 0 Å². The summed E-state index contributed by atoms with van der Waals surface area (Å²) < 4.78 is 0. The molecule has 4 rings (SSSR count). The highest BCUT2D eigenvalue weighted by Crippen LogP contribution is 2.37. The van der Waals surface area contributed by atoms with Crippen LogP contribution < -0.4 is 0 Å². The first-order valence-electron chi connectivity index (χ1n) is 6.78. The molecule has 0 saturated heterocycles. The van der Waals surface area contributed by atoms with Crippen molar-refractivity contribution in [3.05, 3.63) is 66.2 Å². The van der Waals surface area contributed by atoms with Gasteiger partial charge in [0, 0.05) is 5.39 Å². The molecule has 0 fully saturated rings. The molecule has 1 N–H and O–H groups in total. The van der Waals surface area contributed by atoms with E-state index in [0.29, 0.717) is 5.75 Å². The molecule has 0 aliphatic rings. The fourth-order valence-electron chi connectivity index (χ4n) is 3.11. The number of aromatic hydroxyl groups is 1. The van der Waals surface area contributed by atoms with Gasteiger partial charge < -0.3 is 5.11 Å². The number of phenolic OH excluding ortho intramolecular Hbond substituents is 1. The molecule has 20 heavy (non-hydrogen) atoms. The summed E-state index contributed by atoms with van der Waals surface area (Å²) in [5.74, 6) is 0.353. The van der Waals surface area contributed by atoms with Crippen LogP contribution in [0.2, 0.25) is 0 Å². The normalized spacial score (nSPS) is 11.4. The highest BCUT2D eigenvalue weighted by atomic mass is 16.3. The lowest BCUT2D eigenvalue weighted by Gasteiger charge is -2.11. The Bertz CT molecular complexity index is 961. The molecule has 0 aromatic heterocycles. The molecule has 96 valence electrons. The molecule has 4 aromatic rings. The van der Waals surface area contributed by atoms with Crippen LogP contribution in [0, 0.1) is 6.92 Å². The first kappa shape index (κ1) is 11.3. The molecule has 1 heteroatoms. The first-order valence-corrected chi connectivity index (χ1v) is 6.78. The third-order valence-corrected chi connectivity index (χ3v) is 4.13. The van der Waals surface area contributed by atoms with E-state index in [-0.39, 0.29) is 0 Å². The molecule has 0 heterocycles. The lowest BCUT2D eigenvalue weighted by molar-refractivity contribution is 0.482. The zero-order valence-corrected chi connectivity index (χ0v) is 11.2. The average molecular weight is 258 g/mol. The number of hydrogen-bond acceptors (Lipinski definition) is 1. The van der Waals surface area contributed by atoms with E-state index in [9.17, 15) is 5.11 Å². The van der Waals surface area contributed by atoms with Gasteiger partial charge in [0.25, 0.3) is 0 Å². The minimum absolute atomic E-state index is 0.353. The molecule has 0 spiro atoms. The standard InChI is InChI=1S/C19H14O/c1-12-14-7-3-2-6-13(14)10-18-15-8-4-5-9-16(15)19(20)11-17(12)18/h2-11,20H,1H3. The predicted octanol–water partition coefficient (Wildman–Crippen LogP) is 5.16. The third-order valence-electron chi connectivity index (χ3n) is 4.13. The van der Waals surface area contributed by atoms with E-state index in [1.54, 1.807) is 0 Å². The molecule has 0 bridgehead atoms. The number of rotatable bonds is 0. The van der Waals surface area contributed by atoms with Crippen LogP contribution in [-0.4, -0.2) is 5.11 Å². The summed E-state index contributed by atoms with van der Waals surface area (Å²) in [6.07, 6.45) is 0. The second-order valence-corrected chi connectivity index (χ2v) is 5.26. The molecule has 0 aliphatic heterocycles. The Morgan fingerprint density at radius 2 is 1.30 bits per heavy atom. The summed E-state index contributed by atoms with van der Waals surface area (Å²) in [6.45, 7) is 2.12. The van der Waals surface area contributed by atoms with Crippen molar-refractivity contribution >= 4 is 32.3 Å². The predicted molar refractivity (Wildman–Crippen MR) is 85.4 cm³/mol. The van der Waals surface area contributed by atoms with Crippen LogP contribution in [0.4, 0.5) is 0 Å². The Balaban J connectivity index is 2.34. The van der Waals surface area contributed by atoms with Crippen molar-refractivity contribution in [3.8, 4) is 5.75 Å². The number of fused-ring (bicyclic) bond motifs is 4. The Morgan fingerprint density at radius 1 is 0.650 bits per heavy atom. The van der Waals surface area contributed by atoms with E-state index >= 15 is 0 Å². The molecule has 0 unspecified atom stereocenters. The summed E-state index contributed by atoms with van der Waals surface area (Å²) in [5.41, 5.74) is 1.22. The molecule has 0 radical (unpaired) electrons. The molecule has 0 amide bonds. The van der Waals surface area contributed by atoms with Crippen LogP contribution in [0.5, 0.6) is 5.75 Å². The van der Waals surface area contributed by atoms with Gasteiger partial charge >= 0.3 is 0 Å². The lowest BCUT2D eigenvalue weighted by atomic mass is 9.94. The summed E-state index contributed by atoms with van der Waals surface area (Å²) >= 11 is 0. The zero-order chi connectivity index (χ0) is 13.7. The van der Waals surface area contributed by atoms with Crippen molar-refractivity contribution in [1.29, 1.82) is 0 Å². The SMILES string of the molecule is Cc1c2ccccc2cc2c1cc(O)c1ccccc12. The molecule has 0 atom stereocenters. The number of benzene rings is 4. The van der Waals surface area contributed by atoms with E-state index in [1.807, 2.05) is 24.3 Å². The molecule has 0 saturated carbocycles. The molecule has 4 aromatic carbocycles. The van der Waals surface area contributed by atoms with Gasteiger partial charge in [-0.3, -0.25) is 0 Å². The van der Waals surface area contributed by atoms with E-state index in [4.69, 9.17) is 0 Å². The van der Waals surface area contributed by atoms with Crippen molar-refractivity contribution < 1.29 is 5.11 Å². The van der Waals surface area contributed by atoms with Gasteiger partial charge in [-0.15, -0.1) is 0 Å². The van der Waals surface area contributed by atoms with E-state index in [2.05, 4.69) is 43.3 Å². The minimum atomic E-state index is 0.353. The summed E-state index contributed by atoms with van der Waals surface area (Å²) in [7, 11) is 0. The number of aryl methyl sites for hydroxylation is 1. The maximum atomic E-state index is 10.3. The van der Waals surface area contributed by atoms with Crippen LogP contribution in [0.1, 0.15) is 5.56 Å². The van der Waals surface area contributed by atoms with Crippen molar-refractivity contribution in [2.45, 2.75) is 6.92 Å². The van der Waals surface area contributed by atoms with Crippen molar-refractivity contribution in [2.75, 3.05) is 0 Å². The second-order valence-electron chi connectivity index (χ2n) is 5.26. The van der Waals surface area contributed by atoms with Gasteiger partial charge in [0.15, 0.2) is 0 Å². The van der Waals surface area contributed by atoms with Crippen molar-refractivity contribution in [1.82, 2.24) is 0 Å². The quantitative estimate of drug-likeness (QED) is 0.341. The van der Waals surface area contributed by atoms with Crippen LogP contribution in [0.25, 0.3) is 32.3 Å². The topological polar surface area (TPSA) is 20.2 Å². The number of phenols is 1. The van der Waals surface area contributed by atoms with Gasteiger partial charge in [-0.25, -0.2) is 0 Å². The monoisotopic (exact) mass is 258 g/mol. The summed E-state index contributed by atoms with van der Waals surface area (Å²) in [6, 6.07) is 20.5. The van der Waals surface area contributed by atoms with Crippen molar-refractivity contribution in [2.24, 2.45) is 0 Å². The maximum Gasteiger partial charge on any atom is 0.124 e. The lowest BCUT2D eigenvalue weighted by Crippen LogP contribution is -1.85. The van der Waals surface area contributed by atoms with E-state index in [1.165, 1.54) is 21.7 Å². The average Bonchev–Trinajstić information content (AvgIpc) is 2.49. The summed E-state index contributed by atoms with van der Waals surface area (Å²) in [4.78, 5) is 0. The highest BCUT2D eigenvalue weighted by molar-refractivity contribution is 6.15. The van der Waals surface area contributed by atoms with Gasteiger partial charge in [-0.2, -0.15) is 0 Å². The maximum absolute atomic E-state index is 10.3. The fraction of sp³-hybridized carbons (Fsp3) is 0.0526. The molecular formula is C19H14O. The zero-order valence-electron chi connectivity index (χ0n) is 11.2. The van der Waals surface area contributed by atoms with Crippen molar-refractivity contribution in [3.63, 3.8) is 0 Å². The largest absolute Gasteiger partial charge is 0.507 e. The van der Waals surface area contributed by atoms with E-state index in [0.717, 1.165) is 16.2 Å². The van der Waals surface area contributed by atoms with Crippen LogP contribution >= 0.6 is 0 Å².